The van der Waals surface area contributed by atoms with E-state index in [2.05, 4.69) is 27.0 Å². The molecule has 0 amide bonds. The number of aromatic nitrogens is 1. The predicted molar refractivity (Wildman–Crippen MR) is 81.0 cm³/mol. The van der Waals surface area contributed by atoms with Crippen LogP contribution in [-0.2, 0) is 6.54 Å². The lowest BCUT2D eigenvalue weighted by molar-refractivity contribution is 0.287. The quantitative estimate of drug-likeness (QED) is 0.815. The highest BCUT2D eigenvalue weighted by Gasteiger charge is 2.29. The van der Waals surface area contributed by atoms with E-state index in [1.54, 1.807) is 0 Å². The molecule has 5 heteroatoms. The number of fused-ring (bicyclic) bond motifs is 1. The summed E-state index contributed by atoms with van der Waals surface area (Å²) in [7, 11) is 1.83. The van der Waals surface area contributed by atoms with Gasteiger partial charge in [0.2, 0.25) is 0 Å². The zero-order valence-electron chi connectivity index (χ0n) is 11.2. The Balaban J connectivity index is 2.06. The Morgan fingerprint density at radius 2 is 2.00 bits per heavy atom. The first-order valence-electron chi connectivity index (χ1n) is 6.59. The van der Waals surface area contributed by atoms with Gasteiger partial charge in [-0.25, -0.2) is 4.39 Å². The summed E-state index contributed by atoms with van der Waals surface area (Å²) in [5.41, 5.74) is 2.23. The van der Waals surface area contributed by atoms with Gasteiger partial charge < -0.3 is 14.8 Å². The number of rotatable bonds is 1. The van der Waals surface area contributed by atoms with Crippen LogP contribution in [0.3, 0.4) is 0 Å². The highest BCUT2D eigenvalue weighted by molar-refractivity contribution is 7.80. The van der Waals surface area contributed by atoms with Gasteiger partial charge in [-0.05, 0) is 42.0 Å². The second-order valence-electron chi connectivity index (χ2n) is 4.83. The molecule has 1 unspecified atom stereocenters. The van der Waals surface area contributed by atoms with E-state index in [0.29, 0.717) is 5.11 Å². The molecular weight excluding hydrogens is 273 g/mol. The summed E-state index contributed by atoms with van der Waals surface area (Å²) in [5.74, 6) is -0.220. The summed E-state index contributed by atoms with van der Waals surface area (Å²) in [6, 6.07) is 10.8. The number of hydrogen-bond acceptors (Lipinski definition) is 1. The van der Waals surface area contributed by atoms with Gasteiger partial charge >= 0.3 is 0 Å². The Labute approximate surface area is 123 Å². The molecule has 1 atom stereocenters. The van der Waals surface area contributed by atoms with Crippen LogP contribution < -0.4 is 5.32 Å². The molecule has 0 spiro atoms. The van der Waals surface area contributed by atoms with Crippen LogP contribution in [0.4, 0.5) is 4.39 Å². The summed E-state index contributed by atoms with van der Waals surface area (Å²) < 4.78 is 15.4. The second kappa shape index (κ2) is 5.25. The predicted octanol–water partition coefficient (Wildman–Crippen LogP) is 2.54. The fraction of sp³-hybridized carbons (Fsp3) is 0.267. The number of thiocarbonyl (C=S) groups is 1. The summed E-state index contributed by atoms with van der Waals surface area (Å²) in [5, 5.41) is 3.76. The van der Waals surface area contributed by atoms with Gasteiger partial charge in [0.05, 0.1) is 6.04 Å². The van der Waals surface area contributed by atoms with E-state index in [4.69, 9.17) is 12.2 Å². The maximum absolute atomic E-state index is 13.2. The first kappa shape index (κ1) is 13.1. The van der Waals surface area contributed by atoms with Gasteiger partial charge in [0.1, 0.15) is 5.82 Å². The van der Waals surface area contributed by atoms with Crippen LogP contribution in [0.2, 0.25) is 0 Å². The molecule has 2 heterocycles. The normalized spacial score (nSPS) is 17.7. The fourth-order valence-electron chi connectivity index (χ4n) is 2.74. The molecule has 1 aromatic heterocycles. The van der Waals surface area contributed by atoms with Crippen molar-refractivity contribution in [2.45, 2.75) is 12.6 Å². The Morgan fingerprint density at radius 3 is 2.70 bits per heavy atom. The molecule has 1 aliphatic rings. The molecule has 20 heavy (non-hydrogen) atoms. The third-order valence-corrected chi connectivity index (χ3v) is 4.14. The summed E-state index contributed by atoms with van der Waals surface area (Å²) >= 11 is 5.41. The lowest BCUT2D eigenvalue weighted by atomic mass is 10.0. The van der Waals surface area contributed by atoms with Crippen molar-refractivity contribution in [2.75, 3.05) is 13.6 Å². The molecule has 1 N–H and O–H groups in total. The Morgan fingerprint density at radius 1 is 1.25 bits per heavy atom. The van der Waals surface area contributed by atoms with Crippen LogP contribution in [-0.4, -0.2) is 28.2 Å². The Hall–Kier alpha value is -1.88. The van der Waals surface area contributed by atoms with Crippen molar-refractivity contribution in [1.82, 2.24) is 14.8 Å². The lowest BCUT2D eigenvalue weighted by Crippen LogP contribution is -2.46. The standard InChI is InChI=1S/C15H16FN3S/c1-17-15(20)19-10-9-18-8-2-3-13(18)14(19)11-4-6-12(16)7-5-11/h2-8,14H,9-10H2,1H3,(H,17,20). The number of benzene rings is 1. The van der Waals surface area contributed by atoms with Gasteiger partial charge in [0.15, 0.2) is 5.11 Å². The molecule has 0 fully saturated rings. The van der Waals surface area contributed by atoms with Crippen molar-refractivity contribution in [2.24, 2.45) is 0 Å². The van der Waals surface area contributed by atoms with Crippen LogP contribution in [0.25, 0.3) is 0 Å². The van der Waals surface area contributed by atoms with Crippen molar-refractivity contribution in [3.63, 3.8) is 0 Å². The lowest BCUT2D eigenvalue weighted by Gasteiger charge is -2.38. The van der Waals surface area contributed by atoms with E-state index < -0.39 is 0 Å². The minimum absolute atomic E-state index is 0.0271. The van der Waals surface area contributed by atoms with Crippen LogP contribution in [0.5, 0.6) is 0 Å². The van der Waals surface area contributed by atoms with E-state index in [9.17, 15) is 4.39 Å². The zero-order chi connectivity index (χ0) is 14.1. The first-order chi connectivity index (χ1) is 9.70. The van der Waals surface area contributed by atoms with Gasteiger partial charge in [0.25, 0.3) is 0 Å². The summed E-state index contributed by atoms with van der Waals surface area (Å²) in [4.78, 5) is 2.15. The molecule has 1 aliphatic heterocycles. The van der Waals surface area contributed by atoms with Crippen molar-refractivity contribution in [3.8, 4) is 0 Å². The Bertz CT molecular complexity index is 620. The molecule has 104 valence electrons. The third kappa shape index (κ3) is 2.18. The molecule has 0 saturated carbocycles. The molecule has 0 aliphatic carbocycles. The van der Waals surface area contributed by atoms with Gasteiger partial charge in [0, 0.05) is 32.0 Å². The van der Waals surface area contributed by atoms with Gasteiger partial charge in [-0.3, -0.25) is 0 Å². The number of halogens is 1. The molecular formula is C15H16FN3S. The van der Waals surface area contributed by atoms with Crippen molar-refractivity contribution in [3.05, 3.63) is 59.7 Å². The maximum Gasteiger partial charge on any atom is 0.169 e. The SMILES string of the molecule is CNC(=S)N1CCn2cccc2C1c1ccc(F)cc1. The molecule has 2 aromatic rings. The number of hydrogen-bond donors (Lipinski definition) is 1. The van der Waals surface area contributed by atoms with Crippen LogP contribution in [0.15, 0.2) is 42.6 Å². The minimum atomic E-state index is -0.220. The Kier molecular flexibility index (Phi) is 3.44. The van der Waals surface area contributed by atoms with Crippen molar-refractivity contribution < 1.29 is 4.39 Å². The zero-order valence-corrected chi connectivity index (χ0v) is 12.0. The molecule has 1 aromatic carbocycles. The number of nitrogens with one attached hydrogen (secondary N) is 1. The second-order valence-corrected chi connectivity index (χ2v) is 5.22. The van der Waals surface area contributed by atoms with Gasteiger partial charge in [-0.15, -0.1) is 0 Å². The van der Waals surface area contributed by atoms with Crippen LogP contribution in [0, 0.1) is 5.82 Å². The fourth-order valence-corrected chi connectivity index (χ4v) is 2.94. The molecule has 3 nitrogen and oxygen atoms in total. The van der Waals surface area contributed by atoms with Gasteiger partial charge in [-0.2, -0.15) is 0 Å². The summed E-state index contributed by atoms with van der Waals surface area (Å²) in [6.45, 7) is 1.74. The average molecular weight is 289 g/mol. The maximum atomic E-state index is 13.2. The monoisotopic (exact) mass is 289 g/mol. The van der Waals surface area contributed by atoms with Crippen molar-refractivity contribution >= 4 is 17.3 Å². The number of nitrogens with zero attached hydrogens (tertiary/aromatic N) is 2. The van der Waals surface area contributed by atoms with E-state index in [-0.39, 0.29) is 11.9 Å². The largest absolute Gasteiger partial charge is 0.366 e. The van der Waals surface area contributed by atoms with Crippen LogP contribution in [0.1, 0.15) is 17.3 Å². The highest BCUT2D eigenvalue weighted by Crippen LogP contribution is 2.32. The highest BCUT2D eigenvalue weighted by atomic mass is 32.1. The first-order valence-corrected chi connectivity index (χ1v) is 7.00. The van der Waals surface area contributed by atoms with E-state index in [1.807, 2.05) is 25.2 Å². The smallest absolute Gasteiger partial charge is 0.169 e. The van der Waals surface area contributed by atoms with Crippen LogP contribution >= 0.6 is 12.2 Å². The topological polar surface area (TPSA) is 20.2 Å². The average Bonchev–Trinajstić information content (AvgIpc) is 2.95. The minimum Gasteiger partial charge on any atom is -0.366 e. The molecule has 0 radical (unpaired) electrons. The van der Waals surface area contributed by atoms with E-state index >= 15 is 0 Å². The molecule has 0 bridgehead atoms. The summed E-state index contributed by atoms with van der Waals surface area (Å²) in [6.07, 6.45) is 2.08. The van der Waals surface area contributed by atoms with E-state index in [0.717, 1.165) is 18.7 Å². The molecule has 3 rings (SSSR count). The van der Waals surface area contributed by atoms with Crippen molar-refractivity contribution in [1.29, 1.82) is 0 Å². The van der Waals surface area contributed by atoms with E-state index in [1.165, 1.54) is 17.8 Å². The van der Waals surface area contributed by atoms with Gasteiger partial charge in [-0.1, -0.05) is 12.1 Å². The molecule has 0 saturated heterocycles. The third-order valence-electron chi connectivity index (χ3n) is 3.70.